The van der Waals surface area contributed by atoms with E-state index in [0.717, 1.165) is 10.0 Å². The van der Waals surface area contributed by atoms with Gasteiger partial charge in [0.15, 0.2) is 6.61 Å². The van der Waals surface area contributed by atoms with Gasteiger partial charge in [0.1, 0.15) is 5.75 Å². The van der Waals surface area contributed by atoms with Crippen LogP contribution in [0.3, 0.4) is 0 Å². The van der Waals surface area contributed by atoms with E-state index >= 15 is 0 Å². The molecule has 8 heteroatoms. The fourth-order valence-corrected chi connectivity index (χ4v) is 3.78. The van der Waals surface area contributed by atoms with E-state index in [-0.39, 0.29) is 24.0 Å². The van der Waals surface area contributed by atoms with Gasteiger partial charge in [-0.15, -0.1) is 0 Å². The molecule has 1 heterocycles. The van der Waals surface area contributed by atoms with Gasteiger partial charge in [-0.2, -0.15) is 4.31 Å². The van der Waals surface area contributed by atoms with Crippen LogP contribution in [-0.2, 0) is 21.4 Å². The number of benzene rings is 2. The predicted molar refractivity (Wildman–Crippen MR) is 93.4 cm³/mol. The lowest BCUT2D eigenvalue weighted by Crippen LogP contribution is -2.28. The summed E-state index contributed by atoms with van der Waals surface area (Å²) >= 11 is 3.35. The van der Waals surface area contributed by atoms with E-state index in [1.54, 1.807) is 6.07 Å². The van der Waals surface area contributed by atoms with E-state index in [4.69, 9.17) is 4.74 Å². The van der Waals surface area contributed by atoms with Crippen molar-refractivity contribution in [3.05, 3.63) is 52.5 Å². The molecule has 2 aromatic carbocycles. The highest BCUT2D eigenvalue weighted by atomic mass is 79.9. The van der Waals surface area contributed by atoms with Crippen molar-refractivity contribution < 1.29 is 17.9 Å². The Morgan fingerprint density at radius 2 is 1.92 bits per heavy atom. The molecule has 0 fully saturated rings. The normalized spacial score (nSPS) is 14.0. The molecule has 0 spiro atoms. The van der Waals surface area contributed by atoms with Gasteiger partial charge in [-0.05, 0) is 35.9 Å². The highest BCUT2D eigenvalue weighted by Gasteiger charge is 2.24. The van der Waals surface area contributed by atoms with Gasteiger partial charge in [-0.25, -0.2) is 8.42 Å². The number of rotatable bonds is 4. The summed E-state index contributed by atoms with van der Waals surface area (Å²) in [7, 11) is -2.16. The minimum absolute atomic E-state index is 0.0669. The van der Waals surface area contributed by atoms with Gasteiger partial charge >= 0.3 is 0 Å². The standard InChI is InChI=1S/C16H15BrN2O4S/c1-19(9-11-2-4-12(17)5-3-11)24(21,22)13-6-7-15-14(8-13)18-16(20)10-23-15/h2-8H,9-10H2,1H3,(H,18,20). The number of carbonyl (C=O) groups is 1. The molecule has 0 unspecified atom stereocenters. The van der Waals surface area contributed by atoms with Crippen molar-refractivity contribution in [2.45, 2.75) is 11.4 Å². The summed E-state index contributed by atoms with van der Waals surface area (Å²) in [5.74, 6) is 0.157. The van der Waals surface area contributed by atoms with Gasteiger partial charge in [-0.3, -0.25) is 4.79 Å². The Balaban J connectivity index is 1.85. The van der Waals surface area contributed by atoms with Crippen molar-refractivity contribution in [3.63, 3.8) is 0 Å². The first-order valence-corrected chi connectivity index (χ1v) is 9.37. The van der Waals surface area contributed by atoms with Crippen molar-refractivity contribution >= 4 is 37.5 Å². The number of sulfonamides is 1. The molecule has 2 aromatic rings. The second-order valence-corrected chi connectivity index (χ2v) is 8.34. The lowest BCUT2D eigenvalue weighted by Gasteiger charge is -2.21. The van der Waals surface area contributed by atoms with Crippen LogP contribution in [0.25, 0.3) is 0 Å². The molecule has 1 N–H and O–H groups in total. The molecule has 0 radical (unpaired) electrons. The molecule has 0 aliphatic carbocycles. The fourth-order valence-electron chi connectivity index (χ4n) is 2.33. The second kappa shape index (κ2) is 6.54. The van der Waals surface area contributed by atoms with Crippen molar-refractivity contribution in [2.24, 2.45) is 0 Å². The molecule has 1 aliphatic rings. The molecule has 1 aliphatic heterocycles. The first kappa shape index (κ1) is 16.9. The molecule has 0 saturated heterocycles. The topological polar surface area (TPSA) is 75.7 Å². The zero-order valence-corrected chi connectivity index (χ0v) is 15.2. The number of hydrogen-bond acceptors (Lipinski definition) is 4. The monoisotopic (exact) mass is 410 g/mol. The van der Waals surface area contributed by atoms with Gasteiger partial charge in [0.2, 0.25) is 10.0 Å². The maximum absolute atomic E-state index is 12.7. The van der Waals surface area contributed by atoms with Crippen LogP contribution in [0.15, 0.2) is 51.8 Å². The molecule has 0 atom stereocenters. The van der Waals surface area contributed by atoms with E-state index < -0.39 is 10.0 Å². The third-order valence-corrected chi connectivity index (χ3v) is 5.94. The van der Waals surface area contributed by atoms with Gasteiger partial charge in [0, 0.05) is 18.1 Å². The van der Waals surface area contributed by atoms with Gasteiger partial charge in [-0.1, -0.05) is 28.1 Å². The predicted octanol–water partition coefficient (Wildman–Crippen LogP) is 2.60. The Kier molecular flexibility index (Phi) is 4.62. The summed E-state index contributed by atoms with van der Waals surface area (Å²) in [6, 6.07) is 11.9. The quantitative estimate of drug-likeness (QED) is 0.840. The third kappa shape index (κ3) is 3.45. The number of anilines is 1. The molecule has 0 bridgehead atoms. The fraction of sp³-hybridized carbons (Fsp3) is 0.188. The summed E-state index contributed by atoms with van der Waals surface area (Å²) in [6.07, 6.45) is 0. The van der Waals surface area contributed by atoms with Crippen LogP contribution < -0.4 is 10.1 Å². The van der Waals surface area contributed by atoms with Gasteiger partial charge in [0.25, 0.3) is 5.91 Å². The Morgan fingerprint density at radius 3 is 2.62 bits per heavy atom. The Hall–Kier alpha value is -1.90. The molecule has 0 aromatic heterocycles. The van der Waals surface area contributed by atoms with E-state index in [2.05, 4.69) is 21.2 Å². The zero-order chi connectivity index (χ0) is 17.3. The number of nitrogens with one attached hydrogen (secondary N) is 1. The highest BCUT2D eigenvalue weighted by molar-refractivity contribution is 9.10. The van der Waals surface area contributed by atoms with Crippen molar-refractivity contribution in [3.8, 4) is 5.75 Å². The number of nitrogens with zero attached hydrogens (tertiary/aromatic N) is 1. The smallest absolute Gasteiger partial charge is 0.262 e. The minimum atomic E-state index is -3.68. The Morgan fingerprint density at radius 1 is 1.21 bits per heavy atom. The van der Waals surface area contributed by atoms with Gasteiger partial charge < -0.3 is 10.1 Å². The van der Waals surface area contributed by atoms with Crippen LogP contribution in [0, 0.1) is 0 Å². The van der Waals surface area contributed by atoms with E-state index in [1.807, 2.05) is 24.3 Å². The molecule has 126 valence electrons. The van der Waals surface area contributed by atoms with Crippen molar-refractivity contribution in [1.82, 2.24) is 4.31 Å². The second-order valence-electron chi connectivity index (χ2n) is 5.38. The molecule has 24 heavy (non-hydrogen) atoms. The first-order chi connectivity index (χ1) is 11.4. The highest BCUT2D eigenvalue weighted by Crippen LogP contribution is 2.31. The third-order valence-electron chi connectivity index (χ3n) is 3.61. The number of ether oxygens (including phenoxy) is 1. The Bertz CT molecular complexity index is 881. The number of amides is 1. The summed E-state index contributed by atoms with van der Waals surface area (Å²) in [5, 5.41) is 2.62. The van der Waals surface area contributed by atoms with Crippen molar-refractivity contribution in [2.75, 3.05) is 19.0 Å². The molecule has 0 saturated carbocycles. The molecular weight excluding hydrogens is 396 g/mol. The van der Waals surface area contributed by atoms with Crippen LogP contribution in [0.5, 0.6) is 5.75 Å². The largest absolute Gasteiger partial charge is 0.482 e. The summed E-state index contributed by atoms with van der Waals surface area (Å²) in [5.41, 5.74) is 1.24. The van der Waals surface area contributed by atoms with Gasteiger partial charge in [0.05, 0.1) is 10.6 Å². The summed E-state index contributed by atoms with van der Waals surface area (Å²) in [4.78, 5) is 11.5. The Labute approximate surface area is 148 Å². The maximum Gasteiger partial charge on any atom is 0.262 e. The van der Waals surface area contributed by atoms with Crippen LogP contribution in [0.4, 0.5) is 5.69 Å². The van der Waals surface area contributed by atoms with Crippen molar-refractivity contribution in [1.29, 1.82) is 0 Å². The number of hydrogen-bond donors (Lipinski definition) is 1. The summed E-state index contributed by atoms with van der Waals surface area (Å²) in [6.45, 7) is 0.179. The first-order valence-electron chi connectivity index (χ1n) is 7.14. The molecule has 6 nitrogen and oxygen atoms in total. The lowest BCUT2D eigenvalue weighted by molar-refractivity contribution is -0.118. The average Bonchev–Trinajstić information content (AvgIpc) is 2.56. The minimum Gasteiger partial charge on any atom is -0.482 e. The molecule has 3 rings (SSSR count). The van der Waals surface area contributed by atoms with E-state index in [0.29, 0.717) is 11.4 Å². The maximum atomic E-state index is 12.7. The van der Waals surface area contributed by atoms with Crippen LogP contribution >= 0.6 is 15.9 Å². The zero-order valence-electron chi connectivity index (χ0n) is 12.8. The van der Waals surface area contributed by atoms with E-state index in [1.165, 1.54) is 23.5 Å². The van der Waals surface area contributed by atoms with E-state index in [9.17, 15) is 13.2 Å². The average molecular weight is 411 g/mol. The number of fused-ring (bicyclic) bond motifs is 1. The molecular formula is C16H15BrN2O4S. The number of carbonyl (C=O) groups excluding carboxylic acids is 1. The van der Waals surface area contributed by atoms with Crippen LogP contribution in [0.1, 0.15) is 5.56 Å². The van der Waals surface area contributed by atoms with Crippen LogP contribution in [-0.4, -0.2) is 32.3 Å². The lowest BCUT2D eigenvalue weighted by atomic mass is 10.2. The van der Waals surface area contributed by atoms with Crippen LogP contribution in [0.2, 0.25) is 0 Å². The molecule has 1 amide bonds. The summed E-state index contributed by atoms with van der Waals surface area (Å²) < 4.78 is 32.9. The SMILES string of the molecule is CN(Cc1ccc(Br)cc1)S(=O)(=O)c1ccc2c(c1)NC(=O)CO2. The number of halogens is 1.